The number of carbonyl (C=O) groups excluding carboxylic acids is 2. The second-order valence-corrected chi connectivity index (χ2v) is 4.20. The summed E-state index contributed by atoms with van der Waals surface area (Å²) in [5.74, 6) is -0.255. The van der Waals surface area contributed by atoms with Crippen LogP contribution in [0.4, 0.5) is 4.79 Å². The lowest BCUT2D eigenvalue weighted by Crippen LogP contribution is -2.47. The molecule has 92 valence electrons. The summed E-state index contributed by atoms with van der Waals surface area (Å²) in [5, 5.41) is 2.71. The third kappa shape index (κ3) is 2.02. The predicted octanol–water partition coefficient (Wildman–Crippen LogP) is 0.782. The third-order valence-electron chi connectivity index (χ3n) is 3.02. The Bertz CT molecular complexity index is 429. The van der Waals surface area contributed by atoms with Crippen molar-refractivity contribution in [1.29, 1.82) is 0 Å². The van der Waals surface area contributed by atoms with E-state index in [1.54, 1.807) is 6.92 Å². The van der Waals surface area contributed by atoms with Crippen molar-refractivity contribution in [2.24, 2.45) is 5.92 Å². The van der Waals surface area contributed by atoms with E-state index in [1.807, 2.05) is 6.92 Å². The summed E-state index contributed by atoms with van der Waals surface area (Å²) in [6, 6.07) is -0.361. The molecule has 0 spiro atoms. The van der Waals surface area contributed by atoms with Gasteiger partial charge in [-0.3, -0.25) is 4.57 Å². The fourth-order valence-corrected chi connectivity index (χ4v) is 1.83. The zero-order valence-electron chi connectivity index (χ0n) is 9.84. The van der Waals surface area contributed by atoms with Crippen molar-refractivity contribution < 1.29 is 14.3 Å². The van der Waals surface area contributed by atoms with Crippen LogP contribution in [0.25, 0.3) is 0 Å². The first-order chi connectivity index (χ1) is 8.10. The highest BCUT2D eigenvalue weighted by Crippen LogP contribution is 2.44. The fourth-order valence-electron chi connectivity index (χ4n) is 1.83. The smallest absolute Gasteiger partial charge is 0.332 e. The number of rotatable bonds is 3. The molecule has 2 rings (SSSR count). The number of aromatic nitrogens is 2. The van der Waals surface area contributed by atoms with Crippen LogP contribution in [0.15, 0.2) is 18.7 Å². The second-order valence-electron chi connectivity index (χ2n) is 4.20. The maximum absolute atomic E-state index is 11.8. The second kappa shape index (κ2) is 4.20. The van der Waals surface area contributed by atoms with E-state index in [4.69, 9.17) is 4.74 Å². The molecule has 1 aromatic rings. The van der Waals surface area contributed by atoms with E-state index >= 15 is 0 Å². The lowest BCUT2D eigenvalue weighted by molar-refractivity contribution is -0.147. The van der Waals surface area contributed by atoms with Crippen LogP contribution in [-0.4, -0.2) is 33.7 Å². The first kappa shape index (κ1) is 11.6. The SMILES string of the molecule is CCOC(=O)[C@@]1(NC(=O)n2ccnc2)C[C@H]1C. The van der Waals surface area contributed by atoms with Gasteiger partial charge in [0.15, 0.2) is 0 Å². The first-order valence-corrected chi connectivity index (χ1v) is 5.58. The monoisotopic (exact) mass is 237 g/mol. The maximum Gasteiger partial charge on any atom is 0.332 e. The van der Waals surface area contributed by atoms with Crippen molar-refractivity contribution >= 4 is 12.0 Å². The van der Waals surface area contributed by atoms with E-state index in [0.29, 0.717) is 13.0 Å². The molecule has 1 aliphatic rings. The Morgan fingerprint density at radius 1 is 1.65 bits per heavy atom. The Labute approximate surface area is 99.0 Å². The number of amides is 1. The summed E-state index contributed by atoms with van der Waals surface area (Å²) in [7, 11) is 0. The lowest BCUT2D eigenvalue weighted by Gasteiger charge is -2.16. The average Bonchev–Trinajstić information content (AvgIpc) is 2.76. The molecule has 1 saturated carbocycles. The third-order valence-corrected chi connectivity index (χ3v) is 3.02. The van der Waals surface area contributed by atoms with E-state index < -0.39 is 5.54 Å². The van der Waals surface area contributed by atoms with Gasteiger partial charge in [-0.25, -0.2) is 14.6 Å². The summed E-state index contributed by atoms with van der Waals surface area (Å²) < 4.78 is 6.28. The number of nitrogens with one attached hydrogen (secondary N) is 1. The minimum absolute atomic E-state index is 0.106. The zero-order chi connectivity index (χ0) is 12.5. The topological polar surface area (TPSA) is 73.2 Å². The minimum Gasteiger partial charge on any atom is -0.464 e. The Morgan fingerprint density at radius 3 is 2.82 bits per heavy atom. The van der Waals surface area contributed by atoms with Crippen LogP contribution in [0, 0.1) is 5.92 Å². The standard InChI is InChI=1S/C11H15N3O3/c1-3-17-9(15)11(6-8(11)2)13-10(16)14-5-4-12-7-14/h4-5,7-8H,3,6H2,1-2H3,(H,13,16)/t8-,11-/m1/s1. The van der Waals surface area contributed by atoms with E-state index in [9.17, 15) is 9.59 Å². The van der Waals surface area contributed by atoms with Gasteiger partial charge in [0.2, 0.25) is 0 Å². The predicted molar refractivity (Wildman–Crippen MR) is 59.3 cm³/mol. The van der Waals surface area contributed by atoms with Crippen LogP contribution in [-0.2, 0) is 9.53 Å². The lowest BCUT2D eigenvalue weighted by atomic mass is 10.2. The summed E-state index contributed by atoms with van der Waals surface area (Å²) >= 11 is 0. The Morgan fingerprint density at radius 2 is 2.35 bits per heavy atom. The van der Waals surface area contributed by atoms with Crippen LogP contribution < -0.4 is 5.32 Å². The molecular weight excluding hydrogens is 222 g/mol. The van der Waals surface area contributed by atoms with Gasteiger partial charge < -0.3 is 10.1 Å². The number of hydrogen-bond donors (Lipinski definition) is 1. The van der Waals surface area contributed by atoms with Crippen LogP contribution in [0.2, 0.25) is 0 Å². The number of nitrogens with zero attached hydrogens (tertiary/aromatic N) is 2. The van der Waals surface area contributed by atoms with Crippen LogP contribution in [0.1, 0.15) is 20.3 Å². The number of carbonyl (C=O) groups is 2. The Hall–Kier alpha value is -1.85. The molecular formula is C11H15N3O3. The van der Waals surface area contributed by atoms with Crippen molar-refractivity contribution in [2.45, 2.75) is 25.8 Å². The van der Waals surface area contributed by atoms with Crippen molar-refractivity contribution in [2.75, 3.05) is 6.61 Å². The molecule has 6 heteroatoms. The molecule has 1 aromatic heterocycles. The van der Waals surface area contributed by atoms with Crippen molar-refractivity contribution in [3.63, 3.8) is 0 Å². The largest absolute Gasteiger partial charge is 0.464 e. The van der Waals surface area contributed by atoms with E-state index in [1.165, 1.54) is 23.3 Å². The molecule has 1 amide bonds. The van der Waals surface area contributed by atoms with Crippen LogP contribution in [0.5, 0.6) is 0 Å². The average molecular weight is 237 g/mol. The number of imidazole rings is 1. The molecule has 17 heavy (non-hydrogen) atoms. The molecule has 0 bridgehead atoms. The highest BCUT2D eigenvalue weighted by molar-refractivity contribution is 5.91. The number of hydrogen-bond acceptors (Lipinski definition) is 4. The Balaban J connectivity index is 2.06. The molecule has 1 N–H and O–H groups in total. The van der Waals surface area contributed by atoms with Crippen LogP contribution in [0.3, 0.4) is 0 Å². The van der Waals surface area contributed by atoms with Crippen molar-refractivity contribution in [3.8, 4) is 0 Å². The maximum atomic E-state index is 11.8. The van der Waals surface area contributed by atoms with Gasteiger partial charge in [-0.1, -0.05) is 6.92 Å². The summed E-state index contributed by atoms with van der Waals surface area (Å²) in [5.41, 5.74) is -0.850. The molecule has 6 nitrogen and oxygen atoms in total. The number of ether oxygens (including phenoxy) is 1. The van der Waals surface area contributed by atoms with E-state index in [0.717, 1.165) is 0 Å². The molecule has 0 radical (unpaired) electrons. The quantitative estimate of drug-likeness (QED) is 0.788. The van der Waals surface area contributed by atoms with Gasteiger partial charge in [0, 0.05) is 12.4 Å². The highest BCUT2D eigenvalue weighted by atomic mass is 16.5. The van der Waals surface area contributed by atoms with Gasteiger partial charge in [-0.2, -0.15) is 0 Å². The molecule has 0 unspecified atom stereocenters. The molecule has 1 aliphatic carbocycles. The summed E-state index contributed by atoms with van der Waals surface area (Å²) in [6.45, 7) is 3.97. The minimum atomic E-state index is -0.850. The van der Waals surface area contributed by atoms with Gasteiger partial charge in [0.25, 0.3) is 0 Å². The normalized spacial score (nSPS) is 26.4. The van der Waals surface area contributed by atoms with Crippen molar-refractivity contribution in [1.82, 2.24) is 14.9 Å². The molecule has 2 atom stereocenters. The van der Waals surface area contributed by atoms with Gasteiger partial charge >= 0.3 is 12.0 Å². The van der Waals surface area contributed by atoms with Gasteiger partial charge in [-0.15, -0.1) is 0 Å². The molecule has 0 aliphatic heterocycles. The van der Waals surface area contributed by atoms with Gasteiger partial charge in [-0.05, 0) is 19.3 Å². The van der Waals surface area contributed by atoms with Crippen LogP contribution >= 0.6 is 0 Å². The molecule has 1 heterocycles. The van der Waals surface area contributed by atoms with E-state index in [2.05, 4.69) is 10.3 Å². The molecule has 1 fully saturated rings. The Kier molecular flexibility index (Phi) is 2.87. The van der Waals surface area contributed by atoms with Crippen molar-refractivity contribution in [3.05, 3.63) is 18.7 Å². The van der Waals surface area contributed by atoms with Gasteiger partial charge in [0.1, 0.15) is 11.9 Å². The summed E-state index contributed by atoms with van der Waals surface area (Å²) in [6.07, 6.45) is 5.04. The highest BCUT2D eigenvalue weighted by Gasteiger charge is 2.60. The van der Waals surface area contributed by atoms with E-state index in [-0.39, 0.29) is 17.9 Å². The first-order valence-electron chi connectivity index (χ1n) is 5.58. The fraction of sp³-hybridized carbons (Fsp3) is 0.545. The molecule has 0 saturated heterocycles. The molecule has 0 aromatic carbocycles. The zero-order valence-corrected chi connectivity index (χ0v) is 9.84. The number of esters is 1. The summed E-state index contributed by atoms with van der Waals surface area (Å²) in [4.78, 5) is 27.4. The van der Waals surface area contributed by atoms with Gasteiger partial charge in [0.05, 0.1) is 6.61 Å².